The van der Waals surface area contributed by atoms with Gasteiger partial charge in [0.25, 0.3) is 0 Å². The SMILES string of the molecule is O=C(CCC(=O)c1ccc(F)cc1)Nc1ccc(N2CCCC2=O)c(Cl)c1. The highest BCUT2D eigenvalue weighted by atomic mass is 35.5. The van der Waals surface area contributed by atoms with Crippen molar-refractivity contribution < 1.29 is 18.8 Å². The van der Waals surface area contributed by atoms with Crippen LogP contribution in [0.15, 0.2) is 42.5 Å². The molecule has 1 heterocycles. The molecule has 1 aliphatic heterocycles. The van der Waals surface area contributed by atoms with E-state index in [1.54, 1.807) is 23.1 Å². The van der Waals surface area contributed by atoms with E-state index in [0.717, 1.165) is 6.42 Å². The number of amides is 2. The third-order valence-electron chi connectivity index (χ3n) is 4.34. The van der Waals surface area contributed by atoms with Crippen LogP contribution in [0.3, 0.4) is 0 Å². The van der Waals surface area contributed by atoms with Gasteiger partial charge < -0.3 is 10.2 Å². The van der Waals surface area contributed by atoms with Gasteiger partial charge in [0.1, 0.15) is 5.82 Å². The molecule has 0 saturated carbocycles. The van der Waals surface area contributed by atoms with E-state index in [0.29, 0.717) is 34.9 Å². The van der Waals surface area contributed by atoms with Crippen LogP contribution in [0.1, 0.15) is 36.0 Å². The van der Waals surface area contributed by atoms with Crippen LogP contribution in [0.2, 0.25) is 5.02 Å². The smallest absolute Gasteiger partial charge is 0.227 e. The van der Waals surface area contributed by atoms with Gasteiger partial charge in [-0.2, -0.15) is 0 Å². The Bertz CT molecular complexity index is 883. The molecule has 0 aromatic heterocycles. The Morgan fingerprint density at radius 2 is 1.85 bits per heavy atom. The first-order valence-electron chi connectivity index (χ1n) is 8.62. The Hall–Kier alpha value is -2.73. The number of carbonyl (C=O) groups excluding carboxylic acids is 3. The van der Waals surface area contributed by atoms with E-state index in [1.807, 2.05) is 0 Å². The molecule has 1 saturated heterocycles. The summed E-state index contributed by atoms with van der Waals surface area (Å²) in [5.74, 6) is -0.939. The van der Waals surface area contributed by atoms with Crippen molar-refractivity contribution >= 4 is 40.6 Å². The number of nitrogens with one attached hydrogen (secondary N) is 1. The van der Waals surface area contributed by atoms with E-state index < -0.39 is 5.82 Å². The van der Waals surface area contributed by atoms with E-state index in [1.165, 1.54) is 24.3 Å². The minimum Gasteiger partial charge on any atom is -0.326 e. The molecule has 1 N–H and O–H groups in total. The second-order valence-electron chi connectivity index (χ2n) is 6.29. The predicted octanol–water partition coefficient (Wildman–Crippen LogP) is 4.21. The number of hydrogen-bond acceptors (Lipinski definition) is 3. The topological polar surface area (TPSA) is 66.5 Å². The zero-order valence-corrected chi connectivity index (χ0v) is 15.3. The summed E-state index contributed by atoms with van der Waals surface area (Å²) in [6.45, 7) is 0.635. The van der Waals surface area contributed by atoms with E-state index in [9.17, 15) is 18.8 Å². The Morgan fingerprint density at radius 3 is 2.48 bits per heavy atom. The summed E-state index contributed by atoms with van der Waals surface area (Å²) in [7, 11) is 0. The Morgan fingerprint density at radius 1 is 1.11 bits per heavy atom. The lowest BCUT2D eigenvalue weighted by atomic mass is 10.1. The summed E-state index contributed by atoms with van der Waals surface area (Å²) in [5, 5.41) is 3.07. The average Bonchev–Trinajstić information content (AvgIpc) is 3.06. The standard InChI is InChI=1S/C20H18ClFN2O3/c21-16-12-15(7-8-17(16)24-11-1-2-20(24)27)23-19(26)10-9-18(25)13-3-5-14(22)6-4-13/h3-8,12H,1-2,9-11H2,(H,23,26). The monoisotopic (exact) mass is 388 g/mol. The molecule has 0 atom stereocenters. The number of anilines is 2. The largest absolute Gasteiger partial charge is 0.326 e. The van der Waals surface area contributed by atoms with Gasteiger partial charge in [-0.3, -0.25) is 14.4 Å². The minimum atomic E-state index is -0.416. The normalized spacial score (nSPS) is 13.7. The second kappa shape index (κ2) is 8.31. The summed E-state index contributed by atoms with van der Waals surface area (Å²) in [5.41, 5.74) is 1.49. The number of ketones is 1. The molecule has 0 aliphatic carbocycles. The molecule has 3 rings (SSSR count). The van der Waals surface area contributed by atoms with Crippen LogP contribution >= 0.6 is 11.6 Å². The van der Waals surface area contributed by atoms with Gasteiger partial charge in [-0.1, -0.05) is 11.6 Å². The summed E-state index contributed by atoms with van der Waals surface area (Å²) >= 11 is 6.25. The van der Waals surface area contributed by atoms with E-state index in [-0.39, 0.29) is 30.4 Å². The number of Topliss-reactive ketones (excluding diaryl/α,β-unsaturated/α-hetero) is 1. The first-order chi connectivity index (χ1) is 12.9. The third kappa shape index (κ3) is 4.71. The maximum atomic E-state index is 12.9. The van der Waals surface area contributed by atoms with Gasteiger partial charge in [-0.05, 0) is 48.9 Å². The fraction of sp³-hybridized carbons (Fsp3) is 0.250. The van der Waals surface area contributed by atoms with Crippen LogP contribution < -0.4 is 10.2 Å². The van der Waals surface area contributed by atoms with Crippen molar-refractivity contribution in [2.75, 3.05) is 16.8 Å². The maximum absolute atomic E-state index is 12.9. The molecule has 1 aliphatic rings. The van der Waals surface area contributed by atoms with Gasteiger partial charge >= 0.3 is 0 Å². The summed E-state index contributed by atoms with van der Waals surface area (Å²) in [6.07, 6.45) is 1.33. The maximum Gasteiger partial charge on any atom is 0.227 e. The predicted molar refractivity (Wildman–Crippen MR) is 102 cm³/mol. The van der Waals surface area contributed by atoms with Crippen LogP contribution in [-0.4, -0.2) is 24.1 Å². The fourth-order valence-electron chi connectivity index (χ4n) is 2.94. The zero-order chi connectivity index (χ0) is 19.4. The lowest BCUT2D eigenvalue weighted by Crippen LogP contribution is -2.24. The Balaban J connectivity index is 1.56. The quantitative estimate of drug-likeness (QED) is 0.754. The second-order valence-corrected chi connectivity index (χ2v) is 6.70. The number of benzene rings is 2. The van der Waals surface area contributed by atoms with E-state index in [2.05, 4.69) is 5.32 Å². The lowest BCUT2D eigenvalue weighted by Gasteiger charge is -2.18. The van der Waals surface area contributed by atoms with Crippen LogP contribution in [-0.2, 0) is 9.59 Å². The van der Waals surface area contributed by atoms with Crippen LogP contribution in [0.4, 0.5) is 15.8 Å². The van der Waals surface area contributed by atoms with Crippen molar-refractivity contribution in [3.63, 3.8) is 0 Å². The van der Waals surface area contributed by atoms with Crippen molar-refractivity contribution in [1.82, 2.24) is 0 Å². The van der Waals surface area contributed by atoms with Crippen molar-refractivity contribution in [3.05, 3.63) is 58.9 Å². The molecule has 0 radical (unpaired) electrons. The first kappa shape index (κ1) is 19.0. The van der Waals surface area contributed by atoms with Crippen molar-refractivity contribution in [3.8, 4) is 0 Å². The molecular weight excluding hydrogens is 371 g/mol. The van der Waals surface area contributed by atoms with Gasteiger partial charge in [0, 0.05) is 37.1 Å². The molecule has 2 aromatic rings. The first-order valence-corrected chi connectivity index (χ1v) is 9.00. The molecule has 7 heteroatoms. The summed E-state index contributed by atoms with van der Waals surface area (Å²) in [6, 6.07) is 10.2. The molecule has 5 nitrogen and oxygen atoms in total. The molecule has 1 fully saturated rings. The van der Waals surface area contributed by atoms with Gasteiger partial charge in [0.15, 0.2) is 5.78 Å². The van der Waals surface area contributed by atoms with Gasteiger partial charge in [-0.25, -0.2) is 4.39 Å². The van der Waals surface area contributed by atoms with Crippen LogP contribution in [0, 0.1) is 5.82 Å². The van der Waals surface area contributed by atoms with Crippen molar-refractivity contribution in [2.45, 2.75) is 25.7 Å². The van der Waals surface area contributed by atoms with Gasteiger partial charge in [0.2, 0.25) is 11.8 Å². The number of nitrogens with zero attached hydrogens (tertiary/aromatic N) is 1. The van der Waals surface area contributed by atoms with Crippen LogP contribution in [0.5, 0.6) is 0 Å². The number of carbonyl (C=O) groups is 3. The molecule has 140 valence electrons. The zero-order valence-electron chi connectivity index (χ0n) is 14.5. The van der Waals surface area contributed by atoms with Gasteiger partial charge in [-0.15, -0.1) is 0 Å². The molecular formula is C20H18ClFN2O3. The molecule has 0 spiro atoms. The van der Waals surface area contributed by atoms with E-state index >= 15 is 0 Å². The summed E-state index contributed by atoms with van der Waals surface area (Å²) < 4.78 is 12.9. The molecule has 27 heavy (non-hydrogen) atoms. The highest BCUT2D eigenvalue weighted by molar-refractivity contribution is 6.34. The molecule has 2 amide bonds. The highest BCUT2D eigenvalue weighted by Gasteiger charge is 2.23. The number of rotatable bonds is 6. The number of hydrogen-bond donors (Lipinski definition) is 1. The van der Waals surface area contributed by atoms with E-state index in [4.69, 9.17) is 11.6 Å². The number of halogens is 2. The molecule has 0 bridgehead atoms. The van der Waals surface area contributed by atoms with Crippen LogP contribution in [0.25, 0.3) is 0 Å². The van der Waals surface area contributed by atoms with Crippen molar-refractivity contribution in [1.29, 1.82) is 0 Å². The average molecular weight is 389 g/mol. The van der Waals surface area contributed by atoms with Gasteiger partial charge in [0.05, 0.1) is 10.7 Å². The fourth-order valence-corrected chi connectivity index (χ4v) is 3.22. The third-order valence-corrected chi connectivity index (χ3v) is 4.64. The Labute approximate surface area is 161 Å². The highest BCUT2D eigenvalue weighted by Crippen LogP contribution is 2.31. The summed E-state index contributed by atoms with van der Waals surface area (Å²) in [4.78, 5) is 37.6. The van der Waals surface area contributed by atoms with Crippen molar-refractivity contribution in [2.24, 2.45) is 0 Å². The lowest BCUT2D eigenvalue weighted by molar-refractivity contribution is -0.117. The molecule has 0 unspecified atom stereocenters. The minimum absolute atomic E-state index is 0.000190. The Kier molecular flexibility index (Phi) is 5.86. The molecule has 2 aromatic carbocycles.